The summed E-state index contributed by atoms with van der Waals surface area (Å²) >= 11 is 0. The lowest BCUT2D eigenvalue weighted by Gasteiger charge is -2.28. The molecular formula is C11H20F3NO2. The van der Waals surface area contributed by atoms with Crippen molar-refractivity contribution in [3.8, 4) is 0 Å². The monoisotopic (exact) mass is 255 g/mol. The Labute approximate surface area is 99.5 Å². The van der Waals surface area contributed by atoms with Crippen LogP contribution in [0, 0.1) is 0 Å². The van der Waals surface area contributed by atoms with Crippen LogP contribution in [0.4, 0.5) is 13.2 Å². The molecule has 102 valence electrons. The Kier molecular flexibility index (Phi) is 5.69. The van der Waals surface area contributed by atoms with Crippen molar-refractivity contribution in [1.82, 2.24) is 4.90 Å². The molecule has 0 spiro atoms. The van der Waals surface area contributed by atoms with Gasteiger partial charge in [-0.2, -0.15) is 13.2 Å². The van der Waals surface area contributed by atoms with E-state index in [4.69, 9.17) is 0 Å². The molecule has 0 aromatic carbocycles. The van der Waals surface area contributed by atoms with Crippen LogP contribution in [0.25, 0.3) is 0 Å². The van der Waals surface area contributed by atoms with Crippen LogP contribution in [0.5, 0.6) is 0 Å². The van der Waals surface area contributed by atoms with Crippen molar-refractivity contribution in [2.24, 2.45) is 0 Å². The summed E-state index contributed by atoms with van der Waals surface area (Å²) in [4.78, 5) is 2.15. The molecule has 2 atom stereocenters. The molecule has 0 radical (unpaired) electrons. The fourth-order valence-electron chi connectivity index (χ4n) is 1.86. The van der Waals surface area contributed by atoms with Crippen molar-refractivity contribution in [1.29, 1.82) is 0 Å². The van der Waals surface area contributed by atoms with Gasteiger partial charge in [0.1, 0.15) is 0 Å². The van der Waals surface area contributed by atoms with Crippen LogP contribution in [0.15, 0.2) is 0 Å². The first-order valence-corrected chi connectivity index (χ1v) is 6.02. The van der Waals surface area contributed by atoms with Gasteiger partial charge < -0.3 is 14.7 Å². The van der Waals surface area contributed by atoms with Crippen LogP contribution in [0.2, 0.25) is 0 Å². The number of piperidine rings is 1. The molecule has 3 nitrogen and oxygen atoms in total. The fraction of sp³-hybridized carbons (Fsp3) is 1.00. The number of alkyl halides is 3. The highest BCUT2D eigenvalue weighted by Crippen LogP contribution is 2.23. The van der Waals surface area contributed by atoms with Crippen LogP contribution >= 0.6 is 0 Å². The second kappa shape index (κ2) is 6.56. The van der Waals surface area contributed by atoms with E-state index in [2.05, 4.69) is 9.64 Å². The smallest absolute Gasteiger partial charge is 0.368 e. The second-order valence-corrected chi connectivity index (χ2v) is 4.47. The summed E-state index contributed by atoms with van der Waals surface area (Å²) in [7, 11) is 0. The second-order valence-electron chi connectivity index (χ2n) is 4.47. The molecule has 0 bridgehead atoms. The summed E-state index contributed by atoms with van der Waals surface area (Å²) in [5.41, 5.74) is 0. The Morgan fingerprint density at radius 3 is 2.35 bits per heavy atom. The van der Waals surface area contributed by atoms with E-state index in [1.807, 2.05) is 0 Å². The van der Waals surface area contributed by atoms with Crippen LogP contribution in [0.3, 0.4) is 0 Å². The highest BCUT2D eigenvalue weighted by Gasteiger charge is 2.38. The van der Waals surface area contributed by atoms with Gasteiger partial charge >= 0.3 is 6.18 Å². The van der Waals surface area contributed by atoms with Crippen molar-refractivity contribution in [2.75, 3.05) is 19.6 Å². The molecule has 1 rings (SSSR count). The number of halogens is 3. The van der Waals surface area contributed by atoms with Gasteiger partial charge in [0.25, 0.3) is 0 Å². The van der Waals surface area contributed by atoms with Gasteiger partial charge in [-0.15, -0.1) is 0 Å². The largest absolute Gasteiger partial charge is 0.414 e. The number of nitrogens with zero attached hydrogens (tertiary/aromatic N) is 1. The fourth-order valence-corrected chi connectivity index (χ4v) is 1.86. The Bertz CT molecular complexity index is 217. The Hall–Kier alpha value is -0.330. The molecule has 1 fully saturated rings. The van der Waals surface area contributed by atoms with Gasteiger partial charge in [0.05, 0.1) is 0 Å². The van der Waals surface area contributed by atoms with E-state index in [-0.39, 0.29) is 6.42 Å². The van der Waals surface area contributed by atoms with Crippen molar-refractivity contribution in [3.05, 3.63) is 0 Å². The maximum absolute atomic E-state index is 12.2. The maximum atomic E-state index is 12.2. The number of rotatable bonds is 5. The highest BCUT2D eigenvalue weighted by atomic mass is 19.4. The highest BCUT2D eigenvalue weighted by molar-refractivity contribution is 4.66. The van der Waals surface area contributed by atoms with Crippen LogP contribution < -0.4 is 0 Å². The first-order valence-electron chi connectivity index (χ1n) is 6.02. The normalized spacial score (nSPS) is 22.4. The number of ether oxygens (including phenoxy) is 1. The zero-order chi connectivity index (χ0) is 12.9. The summed E-state index contributed by atoms with van der Waals surface area (Å²) < 4.78 is 41.0. The predicted molar refractivity (Wildman–Crippen MR) is 57.5 cm³/mol. The van der Waals surface area contributed by atoms with Gasteiger partial charge in [0, 0.05) is 13.0 Å². The van der Waals surface area contributed by atoms with Gasteiger partial charge in [-0.25, -0.2) is 0 Å². The van der Waals surface area contributed by atoms with Gasteiger partial charge in [-0.1, -0.05) is 6.42 Å². The molecule has 0 aliphatic carbocycles. The standard InChI is InChI=1S/C11H20F3NO2/c1-9(11(12,13)14)17-10(16)5-8-15-6-3-2-4-7-15/h9-10,16H,2-8H2,1H3. The summed E-state index contributed by atoms with van der Waals surface area (Å²) in [6.07, 6.45) is -3.99. The minimum absolute atomic E-state index is 0.223. The number of hydrogen-bond acceptors (Lipinski definition) is 3. The molecule has 0 amide bonds. The SMILES string of the molecule is CC(OC(O)CCN1CCCCC1)C(F)(F)F. The minimum atomic E-state index is -4.41. The summed E-state index contributed by atoms with van der Waals surface area (Å²) in [6, 6.07) is 0. The van der Waals surface area contributed by atoms with Crippen molar-refractivity contribution in [2.45, 2.75) is 51.2 Å². The van der Waals surface area contributed by atoms with Gasteiger partial charge in [-0.3, -0.25) is 0 Å². The number of hydrogen-bond donors (Lipinski definition) is 1. The van der Waals surface area contributed by atoms with Gasteiger partial charge in [0.15, 0.2) is 12.4 Å². The molecule has 0 saturated carbocycles. The molecule has 1 heterocycles. The number of aliphatic hydroxyl groups is 1. The lowest BCUT2D eigenvalue weighted by Crippen LogP contribution is -2.36. The van der Waals surface area contributed by atoms with E-state index >= 15 is 0 Å². The zero-order valence-electron chi connectivity index (χ0n) is 10.0. The van der Waals surface area contributed by atoms with E-state index < -0.39 is 18.6 Å². The quantitative estimate of drug-likeness (QED) is 0.764. The van der Waals surface area contributed by atoms with Gasteiger partial charge in [-0.05, 0) is 32.9 Å². The molecule has 17 heavy (non-hydrogen) atoms. The summed E-state index contributed by atoms with van der Waals surface area (Å²) in [6.45, 7) is 3.42. The van der Waals surface area contributed by atoms with E-state index in [0.29, 0.717) is 6.54 Å². The lowest BCUT2D eigenvalue weighted by molar-refractivity contribution is -0.257. The summed E-state index contributed by atoms with van der Waals surface area (Å²) in [5.74, 6) is 0. The topological polar surface area (TPSA) is 32.7 Å². The molecule has 6 heteroatoms. The van der Waals surface area contributed by atoms with E-state index in [0.717, 1.165) is 32.9 Å². The van der Waals surface area contributed by atoms with Crippen molar-refractivity contribution >= 4 is 0 Å². The average Bonchev–Trinajstić information content (AvgIpc) is 2.26. The third-order valence-corrected chi connectivity index (χ3v) is 2.96. The minimum Gasteiger partial charge on any atom is -0.368 e. The van der Waals surface area contributed by atoms with Crippen LogP contribution in [-0.2, 0) is 4.74 Å². The Balaban J connectivity index is 2.18. The lowest BCUT2D eigenvalue weighted by atomic mass is 10.1. The Morgan fingerprint density at radius 1 is 1.24 bits per heavy atom. The molecule has 2 unspecified atom stereocenters. The third-order valence-electron chi connectivity index (χ3n) is 2.96. The maximum Gasteiger partial charge on any atom is 0.414 e. The number of aliphatic hydroxyl groups excluding tert-OH is 1. The van der Waals surface area contributed by atoms with Crippen molar-refractivity contribution < 1.29 is 23.0 Å². The molecular weight excluding hydrogens is 235 g/mol. The summed E-state index contributed by atoms with van der Waals surface area (Å²) in [5, 5.41) is 9.36. The van der Waals surface area contributed by atoms with Gasteiger partial charge in [0.2, 0.25) is 0 Å². The van der Waals surface area contributed by atoms with E-state index in [1.165, 1.54) is 6.42 Å². The Morgan fingerprint density at radius 2 is 1.82 bits per heavy atom. The third kappa shape index (κ3) is 5.70. The first kappa shape index (κ1) is 14.7. The molecule has 1 N–H and O–H groups in total. The number of likely N-dealkylation sites (tertiary alicyclic amines) is 1. The predicted octanol–water partition coefficient (Wildman–Crippen LogP) is 2.15. The first-order chi connectivity index (χ1) is 7.89. The van der Waals surface area contributed by atoms with E-state index in [1.54, 1.807) is 0 Å². The van der Waals surface area contributed by atoms with Crippen LogP contribution in [-0.4, -0.2) is 48.2 Å². The average molecular weight is 255 g/mol. The molecule has 1 aliphatic heterocycles. The molecule has 1 saturated heterocycles. The molecule has 0 aromatic heterocycles. The molecule has 1 aliphatic rings. The zero-order valence-corrected chi connectivity index (χ0v) is 10.0. The van der Waals surface area contributed by atoms with Crippen LogP contribution in [0.1, 0.15) is 32.6 Å². The molecule has 0 aromatic rings. The van der Waals surface area contributed by atoms with E-state index in [9.17, 15) is 18.3 Å². The van der Waals surface area contributed by atoms with Crippen molar-refractivity contribution in [3.63, 3.8) is 0 Å².